The molecule has 1 fully saturated rings. The van der Waals surface area contributed by atoms with Crippen LogP contribution in [0.4, 0.5) is 0 Å². The Morgan fingerprint density at radius 2 is 1.25 bits per heavy atom. The predicted molar refractivity (Wildman–Crippen MR) is 119 cm³/mol. The van der Waals surface area contributed by atoms with Gasteiger partial charge in [-0.2, -0.15) is 0 Å². The van der Waals surface area contributed by atoms with E-state index >= 15 is 0 Å². The summed E-state index contributed by atoms with van der Waals surface area (Å²) in [5, 5.41) is 12.1. The van der Waals surface area contributed by atoms with Gasteiger partial charge in [0, 0.05) is 6.04 Å². The Morgan fingerprint density at radius 3 is 1.68 bits per heavy atom. The molecule has 1 heterocycles. The SMILES string of the molecule is CC(C)[C@H](N1CCCCC1)C(O)(CCc1ccccc1)CCc1ccccc1. The number of piperidine rings is 1. The van der Waals surface area contributed by atoms with E-state index < -0.39 is 5.60 Å². The first-order chi connectivity index (χ1) is 13.6. The lowest BCUT2D eigenvalue weighted by Gasteiger charge is -2.47. The van der Waals surface area contributed by atoms with Crippen LogP contribution in [-0.4, -0.2) is 34.7 Å². The molecule has 0 saturated carbocycles. The molecule has 0 bridgehead atoms. The Morgan fingerprint density at radius 1 is 0.786 bits per heavy atom. The molecule has 0 amide bonds. The van der Waals surface area contributed by atoms with Crippen LogP contribution in [0.1, 0.15) is 57.1 Å². The molecule has 0 unspecified atom stereocenters. The van der Waals surface area contributed by atoms with E-state index in [9.17, 15) is 5.11 Å². The first-order valence-electron chi connectivity index (χ1n) is 11.1. The predicted octanol–water partition coefficient (Wildman–Crippen LogP) is 5.49. The second-order valence-corrected chi connectivity index (χ2v) is 8.86. The van der Waals surface area contributed by atoms with Crippen molar-refractivity contribution in [3.63, 3.8) is 0 Å². The van der Waals surface area contributed by atoms with E-state index in [-0.39, 0.29) is 6.04 Å². The Balaban J connectivity index is 1.79. The lowest BCUT2D eigenvalue weighted by atomic mass is 9.76. The molecule has 2 aromatic rings. The fraction of sp³-hybridized carbons (Fsp3) is 0.538. The second kappa shape index (κ2) is 10.2. The molecule has 0 radical (unpaired) electrons. The maximum atomic E-state index is 12.1. The van der Waals surface area contributed by atoms with Gasteiger partial charge in [-0.3, -0.25) is 4.90 Å². The van der Waals surface area contributed by atoms with Gasteiger partial charge in [0.15, 0.2) is 0 Å². The minimum atomic E-state index is -0.669. The minimum absolute atomic E-state index is 0.222. The molecule has 1 saturated heterocycles. The number of benzene rings is 2. The van der Waals surface area contributed by atoms with E-state index in [1.54, 1.807) is 0 Å². The summed E-state index contributed by atoms with van der Waals surface area (Å²) in [7, 11) is 0. The van der Waals surface area contributed by atoms with E-state index in [2.05, 4.69) is 79.4 Å². The molecular formula is C26H37NO. The molecule has 1 N–H and O–H groups in total. The minimum Gasteiger partial charge on any atom is -0.388 e. The lowest BCUT2D eigenvalue weighted by Crippen LogP contribution is -2.57. The van der Waals surface area contributed by atoms with Gasteiger partial charge in [-0.05, 0) is 68.7 Å². The maximum Gasteiger partial charge on any atom is 0.0811 e. The van der Waals surface area contributed by atoms with Crippen LogP contribution in [0, 0.1) is 5.92 Å². The van der Waals surface area contributed by atoms with Crippen molar-refractivity contribution >= 4 is 0 Å². The number of hydrogen-bond acceptors (Lipinski definition) is 2. The molecule has 0 aliphatic carbocycles. The largest absolute Gasteiger partial charge is 0.388 e. The number of aryl methyl sites for hydroxylation is 2. The Kier molecular flexibility index (Phi) is 7.70. The molecule has 3 rings (SSSR count). The molecular weight excluding hydrogens is 342 g/mol. The van der Waals surface area contributed by atoms with Gasteiger partial charge in [-0.1, -0.05) is 80.9 Å². The third-order valence-electron chi connectivity index (χ3n) is 6.34. The molecule has 28 heavy (non-hydrogen) atoms. The summed E-state index contributed by atoms with van der Waals surface area (Å²) in [5.74, 6) is 0.439. The van der Waals surface area contributed by atoms with E-state index in [1.807, 2.05) is 0 Å². The number of hydrogen-bond donors (Lipinski definition) is 1. The first kappa shape index (κ1) is 21.1. The van der Waals surface area contributed by atoms with Crippen LogP contribution in [0.3, 0.4) is 0 Å². The van der Waals surface area contributed by atoms with Crippen LogP contribution in [0.2, 0.25) is 0 Å². The van der Waals surface area contributed by atoms with Crippen molar-refractivity contribution in [3.05, 3.63) is 71.8 Å². The van der Waals surface area contributed by atoms with Gasteiger partial charge in [-0.15, -0.1) is 0 Å². The zero-order valence-corrected chi connectivity index (χ0v) is 17.7. The molecule has 2 heteroatoms. The molecule has 0 spiro atoms. The third-order valence-corrected chi connectivity index (χ3v) is 6.34. The highest BCUT2D eigenvalue weighted by atomic mass is 16.3. The Bertz CT molecular complexity index is 633. The molecule has 152 valence electrons. The van der Waals surface area contributed by atoms with Gasteiger partial charge in [0.05, 0.1) is 5.60 Å². The first-order valence-corrected chi connectivity index (χ1v) is 11.1. The van der Waals surface area contributed by atoms with Crippen molar-refractivity contribution in [2.75, 3.05) is 13.1 Å². The highest BCUT2D eigenvalue weighted by molar-refractivity contribution is 5.17. The van der Waals surface area contributed by atoms with E-state index in [1.165, 1.54) is 30.4 Å². The van der Waals surface area contributed by atoms with Gasteiger partial charge in [0.1, 0.15) is 0 Å². The van der Waals surface area contributed by atoms with Crippen LogP contribution >= 0.6 is 0 Å². The maximum absolute atomic E-state index is 12.1. The van der Waals surface area contributed by atoms with Gasteiger partial charge in [0.25, 0.3) is 0 Å². The summed E-state index contributed by atoms with van der Waals surface area (Å²) < 4.78 is 0. The van der Waals surface area contributed by atoms with Crippen LogP contribution in [-0.2, 0) is 12.8 Å². The van der Waals surface area contributed by atoms with E-state index in [4.69, 9.17) is 0 Å². The average Bonchev–Trinajstić information content (AvgIpc) is 2.73. The molecule has 1 aliphatic heterocycles. The second-order valence-electron chi connectivity index (χ2n) is 8.86. The van der Waals surface area contributed by atoms with Crippen molar-refractivity contribution < 1.29 is 5.11 Å². The molecule has 2 nitrogen and oxygen atoms in total. The molecule has 0 aromatic heterocycles. The van der Waals surface area contributed by atoms with Crippen molar-refractivity contribution in [1.29, 1.82) is 0 Å². The zero-order valence-electron chi connectivity index (χ0n) is 17.7. The molecule has 1 aliphatic rings. The van der Waals surface area contributed by atoms with Crippen LogP contribution in [0.25, 0.3) is 0 Å². The number of aliphatic hydroxyl groups is 1. The van der Waals surface area contributed by atoms with Crippen molar-refractivity contribution in [2.45, 2.75) is 70.4 Å². The van der Waals surface area contributed by atoms with Crippen LogP contribution < -0.4 is 0 Å². The summed E-state index contributed by atoms with van der Waals surface area (Å²) in [6.45, 7) is 6.83. The van der Waals surface area contributed by atoms with Gasteiger partial charge in [0.2, 0.25) is 0 Å². The monoisotopic (exact) mass is 379 g/mol. The Labute approximate surface area is 171 Å². The fourth-order valence-corrected chi connectivity index (χ4v) is 5.01. The topological polar surface area (TPSA) is 23.5 Å². The standard InChI is InChI=1S/C26H37NO/c1-22(2)25(27-20-10-5-11-21-27)26(28,18-16-23-12-6-3-7-13-23)19-17-24-14-8-4-9-15-24/h3-4,6-9,12-15,22,25,28H,5,10-11,16-21H2,1-2H3/t25-/m0/s1. The number of rotatable bonds is 9. The highest BCUT2D eigenvalue weighted by Gasteiger charge is 2.41. The Hall–Kier alpha value is -1.64. The zero-order chi connectivity index (χ0) is 19.8. The molecule has 2 aromatic carbocycles. The van der Waals surface area contributed by atoms with Crippen molar-refractivity contribution in [1.82, 2.24) is 4.90 Å². The van der Waals surface area contributed by atoms with E-state index in [0.717, 1.165) is 38.8 Å². The van der Waals surface area contributed by atoms with Crippen molar-refractivity contribution in [3.8, 4) is 0 Å². The number of nitrogens with zero attached hydrogens (tertiary/aromatic N) is 1. The third kappa shape index (κ3) is 5.68. The summed E-state index contributed by atoms with van der Waals surface area (Å²) in [4.78, 5) is 2.59. The van der Waals surface area contributed by atoms with Crippen LogP contribution in [0.15, 0.2) is 60.7 Å². The quantitative estimate of drug-likeness (QED) is 0.622. The number of likely N-dealkylation sites (tertiary alicyclic amines) is 1. The van der Waals surface area contributed by atoms with E-state index in [0.29, 0.717) is 5.92 Å². The van der Waals surface area contributed by atoms with Gasteiger partial charge >= 0.3 is 0 Å². The summed E-state index contributed by atoms with van der Waals surface area (Å²) in [6, 6.07) is 21.5. The van der Waals surface area contributed by atoms with Crippen molar-refractivity contribution in [2.24, 2.45) is 5.92 Å². The average molecular weight is 380 g/mol. The summed E-state index contributed by atoms with van der Waals surface area (Å²) in [6.07, 6.45) is 7.36. The summed E-state index contributed by atoms with van der Waals surface area (Å²) >= 11 is 0. The van der Waals surface area contributed by atoms with Gasteiger partial charge < -0.3 is 5.11 Å². The lowest BCUT2D eigenvalue weighted by molar-refractivity contribution is -0.0817. The highest BCUT2D eigenvalue weighted by Crippen LogP contribution is 2.34. The van der Waals surface area contributed by atoms with Crippen LogP contribution in [0.5, 0.6) is 0 Å². The smallest absolute Gasteiger partial charge is 0.0811 e. The van der Waals surface area contributed by atoms with Gasteiger partial charge in [-0.25, -0.2) is 0 Å². The fourth-order valence-electron chi connectivity index (χ4n) is 5.01. The molecule has 1 atom stereocenters. The summed E-state index contributed by atoms with van der Waals surface area (Å²) in [5.41, 5.74) is 1.97. The normalized spacial score (nSPS) is 17.0.